The number of hydrogen-bond acceptors (Lipinski definition) is 6. The zero-order valence-electron chi connectivity index (χ0n) is 11.6. The molecular formula is C13H17NO5. The molecular weight excluding hydrogens is 250 g/mol. The van der Waals surface area contributed by atoms with Crippen LogP contribution in [0.1, 0.15) is 5.56 Å². The fraction of sp³-hybridized carbons (Fsp3) is 0.462. The van der Waals surface area contributed by atoms with Crippen molar-refractivity contribution in [3.63, 3.8) is 0 Å². The Morgan fingerprint density at radius 3 is 1.84 bits per heavy atom. The van der Waals surface area contributed by atoms with Gasteiger partial charge in [0.05, 0.1) is 26.9 Å². The summed E-state index contributed by atoms with van der Waals surface area (Å²) >= 11 is 0. The van der Waals surface area contributed by atoms with Crippen LogP contribution in [0.5, 0.6) is 17.2 Å². The van der Waals surface area contributed by atoms with Crippen molar-refractivity contribution < 1.29 is 23.7 Å². The highest BCUT2D eigenvalue weighted by atomic mass is 16.7. The van der Waals surface area contributed by atoms with Crippen LogP contribution in [0.15, 0.2) is 12.1 Å². The van der Waals surface area contributed by atoms with E-state index in [0.29, 0.717) is 22.8 Å². The Morgan fingerprint density at radius 2 is 1.47 bits per heavy atom. The van der Waals surface area contributed by atoms with E-state index in [1.807, 2.05) is 6.07 Å². The second kappa shape index (κ2) is 6.27. The first-order valence-electron chi connectivity index (χ1n) is 5.45. The smallest absolute Gasteiger partial charge is 0.290 e. The zero-order valence-corrected chi connectivity index (χ0v) is 11.6. The normalized spacial score (nSPS) is 10.7. The topological polar surface area (TPSA) is 69.9 Å². The van der Waals surface area contributed by atoms with Crippen LogP contribution >= 0.6 is 0 Å². The summed E-state index contributed by atoms with van der Waals surface area (Å²) in [5, 5.41) is 9.31. The van der Waals surface area contributed by atoms with Crippen molar-refractivity contribution in [2.75, 3.05) is 35.5 Å². The molecule has 0 bridgehead atoms. The molecule has 6 nitrogen and oxygen atoms in total. The van der Waals surface area contributed by atoms with Gasteiger partial charge < -0.3 is 23.7 Å². The molecule has 0 aliphatic rings. The van der Waals surface area contributed by atoms with E-state index in [0.717, 1.165) is 0 Å². The minimum Gasteiger partial charge on any atom is -0.493 e. The van der Waals surface area contributed by atoms with Gasteiger partial charge in [-0.1, -0.05) is 0 Å². The molecule has 6 heteroatoms. The maximum absolute atomic E-state index is 9.31. The van der Waals surface area contributed by atoms with Crippen molar-refractivity contribution >= 4 is 0 Å². The molecule has 0 aromatic heterocycles. The summed E-state index contributed by atoms with van der Waals surface area (Å²) in [7, 11) is 7.22. The summed E-state index contributed by atoms with van der Waals surface area (Å²) in [5.74, 6) is -0.379. The SMILES string of the molecule is COc1ccc(C(C#N)(OC)OC)c(OC)c1OC. The van der Waals surface area contributed by atoms with Gasteiger partial charge in [0, 0.05) is 14.2 Å². The molecule has 0 heterocycles. The molecule has 1 aromatic carbocycles. The van der Waals surface area contributed by atoms with Crippen LogP contribution in [0, 0.1) is 11.3 Å². The van der Waals surface area contributed by atoms with Gasteiger partial charge in [0.2, 0.25) is 5.75 Å². The first-order chi connectivity index (χ1) is 9.13. The van der Waals surface area contributed by atoms with E-state index >= 15 is 0 Å². The fourth-order valence-corrected chi connectivity index (χ4v) is 1.82. The van der Waals surface area contributed by atoms with E-state index in [9.17, 15) is 5.26 Å². The molecule has 0 N–H and O–H groups in total. The Bertz CT molecular complexity index is 477. The third-order valence-corrected chi connectivity index (χ3v) is 2.78. The second-order valence-electron chi connectivity index (χ2n) is 3.52. The maximum atomic E-state index is 9.31. The predicted molar refractivity (Wildman–Crippen MR) is 67.4 cm³/mol. The molecule has 1 rings (SSSR count). The van der Waals surface area contributed by atoms with Gasteiger partial charge in [-0.05, 0) is 12.1 Å². The first-order valence-corrected chi connectivity index (χ1v) is 5.45. The number of ether oxygens (including phenoxy) is 5. The number of rotatable bonds is 6. The molecule has 0 saturated carbocycles. The maximum Gasteiger partial charge on any atom is 0.290 e. The van der Waals surface area contributed by atoms with Crippen LogP contribution < -0.4 is 14.2 Å². The van der Waals surface area contributed by atoms with Crippen LogP contribution in [0.2, 0.25) is 0 Å². The van der Waals surface area contributed by atoms with Crippen LogP contribution in [-0.4, -0.2) is 35.5 Å². The predicted octanol–water partition coefficient (Wildman–Crippen LogP) is 1.68. The van der Waals surface area contributed by atoms with E-state index in [-0.39, 0.29) is 0 Å². The standard InChI is InChI=1S/C13H17NO5/c1-15-10-7-6-9(11(16-2)12(10)17-3)13(8-14,18-4)19-5/h6-7H,1-5H3. The van der Waals surface area contributed by atoms with Gasteiger partial charge in [-0.25, -0.2) is 0 Å². The Morgan fingerprint density at radius 1 is 0.895 bits per heavy atom. The van der Waals surface area contributed by atoms with Gasteiger partial charge in [-0.3, -0.25) is 0 Å². The van der Waals surface area contributed by atoms with E-state index in [1.165, 1.54) is 35.5 Å². The first kappa shape index (κ1) is 15.1. The Balaban J connectivity index is 3.57. The highest BCUT2D eigenvalue weighted by molar-refractivity contribution is 5.58. The van der Waals surface area contributed by atoms with Crippen molar-refractivity contribution in [1.82, 2.24) is 0 Å². The molecule has 19 heavy (non-hydrogen) atoms. The lowest BCUT2D eigenvalue weighted by molar-refractivity contribution is -0.172. The van der Waals surface area contributed by atoms with Crippen molar-refractivity contribution in [2.24, 2.45) is 0 Å². The molecule has 0 saturated heterocycles. The Hall–Kier alpha value is -1.97. The van der Waals surface area contributed by atoms with Crippen molar-refractivity contribution in [3.05, 3.63) is 17.7 Å². The van der Waals surface area contributed by atoms with Crippen LogP contribution in [-0.2, 0) is 15.3 Å². The van der Waals surface area contributed by atoms with Crippen LogP contribution in [0.25, 0.3) is 0 Å². The van der Waals surface area contributed by atoms with Gasteiger partial charge in [0.15, 0.2) is 11.5 Å². The highest BCUT2D eigenvalue weighted by Gasteiger charge is 2.37. The largest absolute Gasteiger partial charge is 0.493 e. The second-order valence-corrected chi connectivity index (χ2v) is 3.52. The highest BCUT2D eigenvalue weighted by Crippen LogP contribution is 2.44. The number of methoxy groups -OCH3 is 5. The number of benzene rings is 1. The lowest BCUT2D eigenvalue weighted by Crippen LogP contribution is -2.29. The molecule has 0 unspecified atom stereocenters. The average molecular weight is 267 g/mol. The van der Waals surface area contributed by atoms with Gasteiger partial charge >= 0.3 is 0 Å². The summed E-state index contributed by atoms with van der Waals surface area (Å²) in [6.07, 6.45) is 0. The molecule has 0 radical (unpaired) electrons. The van der Waals surface area contributed by atoms with Crippen LogP contribution in [0.3, 0.4) is 0 Å². The summed E-state index contributed by atoms with van der Waals surface area (Å²) in [4.78, 5) is 0. The van der Waals surface area contributed by atoms with Gasteiger partial charge in [0.1, 0.15) is 6.07 Å². The number of nitrogens with zero attached hydrogens (tertiary/aromatic N) is 1. The van der Waals surface area contributed by atoms with E-state index in [2.05, 4.69) is 0 Å². The van der Waals surface area contributed by atoms with Gasteiger partial charge in [-0.2, -0.15) is 5.26 Å². The number of nitriles is 1. The summed E-state index contributed by atoms with van der Waals surface area (Å²) in [6.45, 7) is 0. The molecule has 0 spiro atoms. The molecule has 104 valence electrons. The third-order valence-electron chi connectivity index (χ3n) is 2.78. The van der Waals surface area contributed by atoms with Gasteiger partial charge in [-0.15, -0.1) is 0 Å². The molecule has 0 amide bonds. The van der Waals surface area contributed by atoms with E-state index < -0.39 is 5.79 Å². The van der Waals surface area contributed by atoms with E-state index in [1.54, 1.807) is 12.1 Å². The lowest BCUT2D eigenvalue weighted by Gasteiger charge is -2.26. The van der Waals surface area contributed by atoms with Gasteiger partial charge in [0.25, 0.3) is 5.79 Å². The lowest BCUT2D eigenvalue weighted by atomic mass is 10.0. The molecule has 0 fully saturated rings. The Labute approximate surface area is 112 Å². The molecule has 0 aliphatic carbocycles. The van der Waals surface area contributed by atoms with Crippen molar-refractivity contribution in [3.8, 4) is 23.3 Å². The summed E-state index contributed by atoms with van der Waals surface area (Å²) in [5.41, 5.74) is 0.403. The third kappa shape index (κ3) is 2.43. The summed E-state index contributed by atoms with van der Waals surface area (Å²) < 4.78 is 26.1. The van der Waals surface area contributed by atoms with Crippen molar-refractivity contribution in [2.45, 2.75) is 5.79 Å². The summed E-state index contributed by atoms with van der Waals surface area (Å²) in [6, 6.07) is 5.26. The van der Waals surface area contributed by atoms with Crippen LogP contribution in [0.4, 0.5) is 0 Å². The quantitative estimate of drug-likeness (QED) is 0.730. The zero-order chi connectivity index (χ0) is 14.5. The molecule has 0 aliphatic heterocycles. The van der Waals surface area contributed by atoms with Crippen molar-refractivity contribution in [1.29, 1.82) is 5.26 Å². The minimum absolute atomic E-state index is 0.326. The average Bonchev–Trinajstić information content (AvgIpc) is 2.48. The molecule has 1 aromatic rings. The fourth-order valence-electron chi connectivity index (χ4n) is 1.82. The Kier molecular flexibility index (Phi) is 4.98. The monoisotopic (exact) mass is 267 g/mol. The molecule has 0 atom stereocenters. The minimum atomic E-state index is -1.56. The van der Waals surface area contributed by atoms with E-state index in [4.69, 9.17) is 23.7 Å². The number of hydrogen-bond donors (Lipinski definition) is 0.